The van der Waals surface area contributed by atoms with E-state index in [0.717, 1.165) is 31.8 Å². The van der Waals surface area contributed by atoms with Crippen LogP contribution in [0.25, 0.3) is 0 Å². The van der Waals surface area contributed by atoms with Crippen LogP contribution in [-0.2, 0) is 4.79 Å². The van der Waals surface area contributed by atoms with E-state index in [1.54, 1.807) is 0 Å². The van der Waals surface area contributed by atoms with Crippen LogP contribution in [0.5, 0.6) is 0 Å². The summed E-state index contributed by atoms with van der Waals surface area (Å²) in [6, 6.07) is -0.203. The van der Waals surface area contributed by atoms with E-state index in [1.165, 1.54) is 32.1 Å². The third-order valence-corrected chi connectivity index (χ3v) is 3.67. The fourth-order valence-corrected chi connectivity index (χ4v) is 2.47. The second kappa shape index (κ2) is 4.97. The van der Waals surface area contributed by atoms with Crippen LogP contribution >= 0.6 is 0 Å². The molecule has 3 nitrogen and oxygen atoms in total. The Labute approximate surface area is 91.5 Å². The van der Waals surface area contributed by atoms with Crippen molar-refractivity contribution in [2.45, 2.75) is 51.0 Å². The number of likely N-dealkylation sites (tertiary alicyclic amines) is 1. The molecule has 0 aromatic carbocycles. The van der Waals surface area contributed by atoms with Crippen molar-refractivity contribution in [3.63, 3.8) is 0 Å². The van der Waals surface area contributed by atoms with Crippen molar-refractivity contribution in [2.75, 3.05) is 13.1 Å². The van der Waals surface area contributed by atoms with Crippen molar-refractivity contribution in [1.29, 1.82) is 0 Å². The van der Waals surface area contributed by atoms with Crippen LogP contribution in [0.15, 0.2) is 0 Å². The fourth-order valence-electron chi connectivity index (χ4n) is 2.47. The minimum absolute atomic E-state index is 0.203. The topological polar surface area (TPSA) is 40.5 Å². The first-order chi connectivity index (χ1) is 7.27. The SMILES string of the molecule is O=C(O)C1CCCCCN1CCC1CC1. The number of hydrogen-bond donors (Lipinski definition) is 1. The highest BCUT2D eigenvalue weighted by Crippen LogP contribution is 2.33. The fraction of sp³-hybridized carbons (Fsp3) is 0.917. The molecule has 2 aliphatic rings. The Balaban J connectivity index is 1.86. The van der Waals surface area contributed by atoms with Crippen LogP contribution in [0.3, 0.4) is 0 Å². The van der Waals surface area contributed by atoms with Gasteiger partial charge in [-0.3, -0.25) is 9.69 Å². The van der Waals surface area contributed by atoms with Gasteiger partial charge in [-0.05, 0) is 38.3 Å². The van der Waals surface area contributed by atoms with E-state index in [4.69, 9.17) is 0 Å². The van der Waals surface area contributed by atoms with E-state index in [9.17, 15) is 9.90 Å². The summed E-state index contributed by atoms with van der Waals surface area (Å²) in [4.78, 5) is 13.3. The van der Waals surface area contributed by atoms with E-state index in [-0.39, 0.29) is 6.04 Å². The summed E-state index contributed by atoms with van der Waals surface area (Å²) in [5, 5.41) is 9.17. The molecule has 1 aliphatic carbocycles. The summed E-state index contributed by atoms with van der Waals surface area (Å²) in [6.07, 6.45) is 8.25. The summed E-state index contributed by atoms with van der Waals surface area (Å²) >= 11 is 0. The van der Waals surface area contributed by atoms with Gasteiger partial charge in [-0.1, -0.05) is 25.7 Å². The molecule has 1 heterocycles. The Bertz CT molecular complexity index is 226. The average molecular weight is 211 g/mol. The molecule has 15 heavy (non-hydrogen) atoms. The van der Waals surface area contributed by atoms with Crippen molar-refractivity contribution < 1.29 is 9.90 Å². The minimum atomic E-state index is -0.618. The predicted molar refractivity (Wildman–Crippen MR) is 58.8 cm³/mol. The van der Waals surface area contributed by atoms with Crippen molar-refractivity contribution in [3.05, 3.63) is 0 Å². The average Bonchev–Trinajstić information content (AvgIpc) is 3.02. The van der Waals surface area contributed by atoms with Gasteiger partial charge >= 0.3 is 5.97 Å². The molecule has 1 unspecified atom stereocenters. The van der Waals surface area contributed by atoms with E-state index in [0.29, 0.717) is 0 Å². The molecule has 1 N–H and O–H groups in total. The van der Waals surface area contributed by atoms with Crippen LogP contribution in [-0.4, -0.2) is 35.1 Å². The second-order valence-electron chi connectivity index (χ2n) is 4.97. The maximum Gasteiger partial charge on any atom is 0.320 e. The number of aliphatic carboxylic acids is 1. The van der Waals surface area contributed by atoms with Crippen molar-refractivity contribution in [1.82, 2.24) is 4.90 Å². The smallest absolute Gasteiger partial charge is 0.320 e. The van der Waals surface area contributed by atoms with Gasteiger partial charge in [0.2, 0.25) is 0 Å². The lowest BCUT2D eigenvalue weighted by Gasteiger charge is -2.26. The third kappa shape index (κ3) is 3.20. The Kier molecular flexibility index (Phi) is 3.62. The highest BCUT2D eigenvalue weighted by molar-refractivity contribution is 5.73. The van der Waals surface area contributed by atoms with Crippen molar-refractivity contribution in [2.24, 2.45) is 5.92 Å². The molecule has 86 valence electrons. The van der Waals surface area contributed by atoms with Gasteiger partial charge in [0.05, 0.1) is 0 Å². The highest BCUT2D eigenvalue weighted by Gasteiger charge is 2.29. The van der Waals surface area contributed by atoms with Gasteiger partial charge in [0.15, 0.2) is 0 Å². The Hall–Kier alpha value is -0.570. The largest absolute Gasteiger partial charge is 0.480 e. The van der Waals surface area contributed by atoms with Crippen LogP contribution in [0.1, 0.15) is 44.9 Å². The summed E-state index contributed by atoms with van der Waals surface area (Å²) in [5.41, 5.74) is 0. The first kappa shape index (κ1) is 10.9. The Morgan fingerprint density at radius 3 is 2.67 bits per heavy atom. The van der Waals surface area contributed by atoms with Crippen LogP contribution in [0.2, 0.25) is 0 Å². The van der Waals surface area contributed by atoms with Crippen molar-refractivity contribution >= 4 is 5.97 Å². The lowest BCUT2D eigenvalue weighted by atomic mass is 10.1. The molecule has 1 aliphatic heterocycles. The minimum Gasteiger partial charge on any atom is -0.480 e. The van der Waals surface area contributed by atoms with Crippen LogP contribution in [0.4, 0.5) is 0 Å². The summed E-state index contributed by atoms with van der Waals surface area (Å²) in [7, 11) is 0. The van der Waals surface area contributed by atoms with E-state index >= 15 is 0 Å². The lowest BCUT2D eigenvalue weighted by molar-refractivity contribution is -0.143. The molecule has 0 spiro atoms. The molecule has 3 heteroatoms. The number of carboxylic acids is 1. The molecule has 1 atom stereocenters. The van der Waals surface area contributed by atoms with Gasteiger partial charge in [-0.15, -0.1) is 0 Å². The van der Waals surface area contributed by atoms with Gasteiger partial charge in [0.25, 0.3) is 0 Å². The van der Waals surface area contributed by atoms with Crippen LogP contribution < -0.4 is 0 Å². The number of hydrogen-bond acceptors (Lipinski definition) is 2. The molecule has 2 fully saturated rings. The third-order valence-electron chi connectivity index (χ3n) is 3.67. The van der Waals surface area contributed by atoms with E-state index in [1.807, 2.05) is 0 Å². The molecule has 1 saturated heterocycles. The molecule has 0 bridgehead atoms. The van der Waals surface area contributed by atoms with Gasteiger partial charge in [0.1, 0.15) is 6.04 Å². The molecule has 1 saturated carbocycles. The molecule has 0 amide bonds. The van der Waals surface area contributed by atoms with E-state index in [2.05, 4.69) is 4.90 Å². The van der Waals surface area contributed by atoms with Crippen molar-refractivity contribution in [3.8, 4) is 0 Å². The zero-order valence-corrected chi connectivity index (χ0v) is 9.32. The number of rotatable bonds is 4. The first-order valence-electron chi connectivity index (χ1n) is 6.24. The quantitative estimate of drug-likeness (QED) is 0.774. The molecule has 0 radical (unpaired) electrons. The maximum atomic E-state index is 11.1. The molecular formula is C12H21NO2. The lowest BCUT2D eigenvalue weighted by Crippen LogP contribution is -2.41. The van der Waals surface area contributed by atoms with Gasteiger partial charge in [-0.2, -0.15) is 0 Å². The molecule has 0 aromatic rings. The number of nitrogens with zero attached hydrogens (tertiary/aromatic N) is 1. The zero-order chi connectivity index (χ0) is 10.7. The Morgan fingerprint density at radius 2 is 2.00 bits per heavy atom. The monoisotopic (exact) mass is 211 g/mol. The second-order valence-corrected chi connectivity index (χ2v) is 4.97. The van der Waals surface area contributed by atoms with E-state index < -0.39 is 5.97 Å². The predicted octanol–water partition coefficient (Wildman–Crippen LogP) is 2.12. The Morgan fingerprint density at radius 1 is 1.20 bits per heavy atom. The first-order valence-corrected chi connectivity index (χ1v) is 6.24. The van der Waals surface area contributed by atoms with Crippen LogP contribution in [0, 0.1) is 5.92 Å². The normalized spacial score (nSPS) is 28.7. The van der Waals surface area contributed by atoms with Gasteiger partial charge in [0, 0.05) is 0 Å². The molecule has 2 rings (SSSR count). The summed E-state index contributed by atoms with van der Waals surface area (Å²) in [5.74, 6) is 0.287. The van der Waals surface area contributed by atoms with Gasteiger partial charge in [-0.25, -0.2) is 0 Å². The highest BCUT2D eigenvalue weighted by atomic mass is 16.4. The number of carboxylic acid groups (broad SMARTS) is 1. The summed E-state index contributed by atoms with van der Waals surface area (Å²) < 4.78 is 0. The standard InChI is InChI=1S/C12H21NO2/c14-12(15)11-4-2-1-3-8-13(11)9-7-10-5-6-10/h10-11H,1-9H2,(H,14,15). The number of carbonyl (C=O) groups is 1. The van der Waals surface area contributed by atoms with Gasteiger partial charge < -0.3 is 5.11 Å². The summed E-state index contributed by atoms with van der Waals surface area (Å²) in [6.45, 7) is 1.99. The molecule has 0 aromatic heterocycles. The zero-order valence-electron chi connectivity index (χ0n) is 9.32. The molecular weight excluding hydrogens is 190 g/mol. The maximum absolute atomic E-state index is 11.1.